The van der Waals surface area contributed by atoms with E-state index >= 15 is 0 Å². The molecule has 4 heteroatoms. The molecule has 1 aliphatic heterocycles. The fraction of sp³-hybridized carbons (Fsp3) is 0.933. The molecule has 4 nitrogen and oxygen atoms in total. The Morgan fingerprint density at radius 3 is 2.21 bits per heavy atom. The van der Waals surface area contributed by atoms with E-state index in [9.17, 15) is 4.79 Å². The average molecular weight is 268 g/mol. The molecule has 1 unspecified atom stereocenters. The van der Waals surface area contributed by atoms with Crippen molar-refractivity contribution in [2.24, 2.45) is 11.7 Å². The molecule has 2 aliphatic rings. The normalized spacial score (nSPS) is 25.3. The van der Waals surface area contributed by atoms with Crippen molar-refractivity contribution in [3.63, 3.8) is 0 Å². The van der Waals surface area contributed by atoms with Gasteiger partial charge in [0.2, 0.25) is 5.91 Å². The van der Waals surface area contributed by atoms with Crippen LogP contribution in [0.3, 0.4) is 0 Å². The molecule has 0 bridgehead atoms. The minimum Gasteiger partial charge on any atom is -0.381 e. The van der Waals surface area contributed by atoms with Crippen molar-refractivity contribution < 1.29 is 9.53 Å². The molecule has 2 fully saturated rings. The Bertz CT molecular complexity index is 269. The molecular weight excluding hydrogens is 240 g/mol. The van der Waals surface area contributed by atoms with Gasteiger partial charge in [-0.05, 0) is 31.6 Å². The summed E-state index contributed by atoms with van der Waals surface area (Å²) in [5.41, 5.74) is 6.11. The van der Waals surface area contributed by atoms with Gasteiger partial charge in [-0.2, -0.15) is 0 Å². The van der Waals surface area contributed by atoms with E-state index in [0.29, 0.717) is 12.0 Å². The molecule has 1 saturated heterocycles. The molecule has 1 atom stereocenters. The van der Waals surface area contributed by atoms with Crippen LogP contribution < -0.4 is 11.1 Å². The van der Waals surface area contributed by atoms with Crippen LogP contribution in [0.15, 0.2) is 0 Å². The minimum atomic E-state index is -0.352. The highest BCUT2D eigenvalue weighted by Gasteiger charge is 2.27. The smallest absolute Gasteiger partial charge is 0.237 e. The van der Waals surface area contributed by atoms with Crippen LogP contribution in [0.2, 0.25) is 0 Å². The number of rotatable bonds is 3. The molecule has 19 heavy (non-hydrogen) atoms. The third kappa shape index (κ3) is 4.77. The Labute approximate surface area is 116 Å². The zero-order chi connectivity index (χ0) is 13.5. The maximum Gasteiger partial charge on any atom is 0.237 e. The van der Waals surface area contributed by atoms with Gasteiger partial charge in [-0.1, -0.05) is 32.1 Å². The van der Waals surface area contributed by atoms with Gasteiger partial charge in [0.05, 0.1) is 6.04 Å². The van der Waals surface area contributed by atoms with E-state index < -0.39 is 0 Å². The Hall–Kier alpha value is -0.610. The van der Waals surface area contributed by atoms with Crippen molar-refractivity contribution in [3.05, 3.63) is 0 Å². The molecule has 0 radical (unpaired) electrons. The van der Waals surface area contributed by atoms with Crippen LogP contribution in [0.5, 0.6) is 0 Å². The van der Waals surface area contributed by atoms with Gasteiger partial charge in [0.15, 0.2) is 0 Å². The molecule has 2 rings (SSSR count). The zero-order valence-corrected chi connectivity index (χ0v) is 11.9. The van der Waals surface area contributed by atoms with E-state index in [2.05, 4.69) is 5.32 Å². The largest absolute Gasteiger partial charge is 0.381 e. The van der Waals surface area contributed by atoms with Crippen molar-refractivity contribution in [3.8, 4) is 0 Å². The fourth-order valence-electron chi connectivity index (χ4n) is 3.19. The summed E-state index contributed by atoms with van der Waals surface area (Å²) < 4.78 is 5.32. The number of nitrogens with two attached hydrogens (primary N) is 1. The third-order valence-corrected chi connectivity index (χ3v) is 4.53. The standard InChI is InChI=1S/C15H28N2O2/c16-14(12-8-10-19-11-9-12)15(18)17-13-6-4-2-1-3-5-7-13/h12-14H,1-11,16H2,(H,17,18). The summed E-state index contributed by atoms with van der Waals surface area (Å²) in [5.74, 6) is 0.347. The topological polar surface area (TPSA) is 64.4 Å². The van der Waals surface area contributed by atoms with E-state index in [-0.39, 0.29) is 11.9 Å². The highest BCUT2D eigenvalue weighted by atomic mass is 16.5. The van der Waals surface area contributed by atoms with Gasteiger partial charge >= 0.3 is 0 Å². The first-order valence-electron chi connectivity index (χ1n) is 7.91. The number of carbonyl (C=O) groups excluding carboxylic acids is 1. The van der Waals surface area contributed by atoms with Crippen molar-refractivity contribution >= 4 is 5.91 Å². The predicted molar refractivity (Wildman–Crippen MR) is 75.8 cm³/mol. The fourth-order valence-corrected chi connectivity index (χ4v) is 3.19. The maximum absolute atomic E-state index is 12.2. The van der Waals surface area contributed by atoms with Crippen LogP contribution in [-0.4, -0.2) is 31.2 Å². The third-order valence-electron chi connectivity index (χ3n) is 4.53. The van der Waals surface area contributed by atoms with Crippen LogP contribution in [0.4, 0.5) is 0 Å². The van der Waals surface area contributed by atoms with Gasteiger partial charge in [0, 0.05) is 19.3 Å². The van der Waals surface area contributed by atoms with Crippen molar-refractivity contribution in [1.29, 1.82) is 0 Å². The Kier molecular flexibility index (Phi) is 6.11. The number of nitrogens with one attached hydrogen (secondary N) is 1. The molecule has 1 saturated carbocycles. The lowest BCUT2D eigenvalue weighted by molar-refractivity contribution is -0.125. The summed E-state index contributed by atoms with van der Waals surface area (Å²) in [5, 5.41) is 3.18. The Morgan fingerprint density at radius 1 is 1.00 bits per heavy atom. The lowest BCUT2D eigenvalue weighted by Gasteiger charge is -2.29. The number of hydrogen-bond donors (Lipinski definition) is 2. The minimum absolute atomic E-state index is 0.0532. The quantitative estimate of drug-likeness (QED) is 0.822. The lowest BCUT2D eigenvalue weighted by atomic mass is 9.91. The second kappa shape index (κ2) is 7.85. The van der Waals surface area contributed by atoms with E-state index in [1.807, 2.05) is 0 Å². The molecule has 0 aromatic rings. The summed E-state index contributed by atoms with van der Waals surface area (Å²) in [7, 11) is 0. The van der Waals surface area contributed by atoms with Crippen molar-refractivity contribution in [1.82, 2.24) is 5.32 Å². The summed E-state index contributed by atoms with van der Waals surface area (Å²) in [4.78, 5) is 12.2. The van der Waals surface area contributed by atoms with Crippen LogP contribution in [0.1, 0.15) is 57.8 Å². The molecule has 0 aromatic carbocycles. The van der Waals surface area contributed by atoms with Crippen LogP contribution in [-0.2, 0) is 9.53 Å². The molecule has 3 N–H and O–H groups in total. The van der Waals surface area contributed by atoms with Crippen LogP contribution in [0.25, 0.3) is 0 Å². The highest BCUT2D eigenvalue weighted by molar-refractivity contribution is 5.82. The van der Waals surface area contributed by atoms with E-state index in [0.717, 1.165) is 38.9 Å². The maximum atomic E-state index is 12.2. The molecule has 1 heterocycles. The van der Waals surface area contributed by atoms with E-state index in [1.165, 1.54) is 32.1 Å². The SMILES string of the molecule is NC(C(=O)NC1CCCCCCC1)C1CCOCC1. The number of carbonyl (C=O) groups is 1. The average Bonchev–Trinajstić information content (AvgIpc) is 2.41. The van der Waals surface area contributed by atoms with E-state index in [4.69, 9.17) is 10.5 Å². The molecular formula is C15H28N2O2. The number of ether oxygens (including phenoxy) is 1. The molecule has 1 aliphatic carbocycles. The molecule has 1 amide bonds. The van der Waals surface area contributed by atoms with Crippen LogP contribution >= 0.6 is 0 Å². The summed E-state index contributed by atoms with van der Waals surface area (Å²) in [6.45, 7) is 1.49. The first kappa shape index (κ1) is 14.8. The molecule has 0 spiro atoms. The van der Waals surface area contributed by atoms with Gasteiger partial charge in [0.1, 0.15) is 0 Å². The number of amides is 1. The van der Waals surface area contributed by atoms with Gasteiger partial charge < -0.3 is 15.8 Å². The van der Waals surface area contributed by atoms with Crippen molar-refractivity contribution in [2.45, 2.75) is 69.9 Å². The second-order valence-electron chi connectivity index (χ2n) is 6.03. The molecule has 0 aromatic heterocycles. The summed E-state index contributed by atoms with van der Waals surface area (Å²) in [6.07, 6.45) is 10.5. The highest BCUT2D eigenvalue weighted by Crippen LogP contribution is 2.20. The first-order valence-corrected chi connectivity index (χ1v) is 7.91. The monoisotopic (exact) mass is 268 g/mol. The Morgan fingerprint density at radius 2 is 1.58 bits per heavy atom. The van der Waals surface area contributed by atoms with Crippen molar-refractivity contribution in [2.75, 3.05) is 13.2 Å². The summed E-state index contributed by atoms with van der Waals surface area (Å²) >= 11 is 0. The number of hydrogen-bond acceptors (Lipinski definition) is 3. The first-order chi connectivity index (χ1) is 9.27. The van der Waals surface area contributed by atoms with Gasteiger partial charge in [-0.3, -0.25) is 4.79 Å². The van der Waals surface area contributed by atoms with Gasteiger partial charge in [-0.15, -0.1) is 0 Å². The van der Waals surface area contributed by atoms with Crippen LogP contribution in [0, 0.1) is 5.92 Å². The zero-order valence-electron chi connectivity index (χ0n) is 11.9. The summed E-state index contributed by atoms with van der Waals surface area (Å²) in [6, 6.07) is -0.00645. The second-order valence-corrected chi connectivity index (χ2v) is 6.03. The van der Waals surface area contributed by atoms with Gasteiger partial charge in [-0.25, -0.2) is 0 Å². The predicted octanol–water partition coefficient (Wildman–Crippen LogP) is 1.97. The molecule has 110 valence electrons. The van der Waals surface area contributed by atoms with E-state index in [1.54, 1.807) is 0 Å². The van der Waals surface area contributed by atoms with Gasteiger partial charge in [0.25, 0.3) is 0 Å². The Balaban J connectivity index is 1.77. The lowest BCUT2D eigenvalue weighted by Crippen LogP contribution is -2.50.